The van der Waals surface area contributed by atoms with Crippen molar-refractivity contribution >= 4 is 17.6 Å². The molecule has 2 fully saturated rings. The molecule has 2 aromatic carbocycles. The van der Waals surface area contributed by atoms with Crippen LogP contribution in [-0.4, -0.2) is 66.1 Å². The summed E-state index contributed by atoms with van der Waals surface area (Å²) < 4.78 is 25.6. The highest BCUT2D eigenvalue weighted by atomic mass is 19.1. The number of carbonyl (C=O) groups is 2. The summed E-state index contributed by atoms with van der Waals surface area (Å²) in [4.78, 5) is 27.1. The van der Waals surface area contributed by atoms with E-state index in [0.29, 0.717) is 24.1 Å². The zero-order chi connectivity index (χ0) is 23.9. The Hall–Kier alpha value is -3.01. The summed E-state index contributed by atoms with van der Waals surface area (Å²) in [5, 5.41) is 15.9. The maximum atomic E-state index is 13.8. The lowest BCUT2D eigenvalue weighted by Gasteiger charge is -2.44. The van der Waals surface area contributed by atoms with E-state index in [9.17, 15) is 19.1 Å². The van der Waals surface area contributed by atoms with Gasteiger partial charge in [0, 0.05) is 17.8 Å². The zero-order valence-electron chi connectivity index (χ0n) is 18.9. The molecule has 8 nitrogen and oxygen atoms in total. The maximum absolute atomic E-state index is 13.8. The van der Waals surface area contributed by atoms with Gasteiger partial charge < -0.3 is 30.1 Å². The summed E-state index contributed by atoms with van der Waals surface area (Å²) in [5.41, 5.74) is 1.09. The number of aliphatic hydroxyl groups is 1. The number of rotatable bonds is 5. The van der Waals surface area contributed by atoms with Gasteiger partial charge in [0.1, 0.15) is 11.9 Å². The number of nitrogens with one attached hydrogen (secondary N) is 2. The molecule has 2 saturated heterocycles. The highest BCUT2D eigenvalue weighted by Crippen LogP contribution is 2.28. The minimum atomic E-state index is -0.802. The molecule has 0 unspecified atom stereocenters. The van der Waals surface area contributed by atoms with Gasteiger partial charge in [0.05, 0.1) is 44.4 Å². The Kier molecular flexibility index (Phi) is 8.10. The number of benzene rings is 2. The standard InChI is InChI=1S/C25H30FN3O5/c26-21-9-5-4-6-17(21)13-27-24(31)12-20-10-11-22-23(34-20)16-33-15-19(30)14-29(22)25(32)28-18-7-2-1-3-8-18/h1-9,19-20,22-23,30H,10-16H2,(H,27,31)(H,28,32)/t19-,20-,22+,23-/m0/s1. The van der Waals surface area contributed by atoms with Crippen LogP contribution in [-0.2, 0) is 20.8 Å². The van der Waals surface area contributed by atoms with E-state index in [1.165, 1.54) is 6.07 Å². The first-order valence-electron chi connectivity index (χ1n) is 11.5. The Morgan fingerprint density at radius 3 is 2.62 bits per heavy atom. The number of para-hydroxylation sites is 1. The number of aliphatic hydroxyl groups excluding tert-OH is 1. The number of anilines is 1. The van der Waals surface area contributed by atoms with Gasteiger partial charge in [-0.3, -0.25) is 4.79 Å². The second-order valence-electron chi connectivity index (χ2n) is 8.65. The molecule has 3 N–H and O–H groups in total. The summed E-state index contributed by atoms with van der Waals surface area (Å²) in [6, 6.07) is 14.8. The molecule has 0 aliphatic carbocycles. The topological polar surface area (TPSA) is 100 Å². The Labute approximate surface area is 198 Å². The van der Waals surface area contributed by atoms with Crippen molar-refractivity contribution in [3.63, 3.8) is 0 Å². The van der Waals surface area contributed by atoms with Crippen LogP contribution in [0.5, 0.6) is 0 Å². The Bertz CT molecular complexity index is 976. The number of hydrogen-bond acceptors (Lipinski definition) is 5. The third-order valence-corrected chi connectivity index (χ3v) is 6.11. The lowest BCUT2D eigenvalue weighted by Crippen LogP contribution is -2.58. The Balaban J connectivity index is 1.35. The van der Waals surface area contributed by atoms with E-state index in [1.54, 1.807) is 35.2 Å². The number of halogens is 1. The van der Waals surface area contributed by atoms with Crippen LogP contribution in [0, 0.1) is 5.82 Å². The van der Waals surface area contributed by atoms with Crippen LogP contribution in [0.25, 0.3) is 0 Å². The van der Waals surface area contributed by atoms with Crippen molar-refractivity contribution in [2.75, 3.05) is 25.1 Å². The van der Waals surface area contributed by atoms with Gasteiger partial charge in [-0.25, -0.2) is 9.18 Å². The highest BCUT2D eigenvalue weighted by molar-refractivity contribution is 5.89. The van der Waals surface area contributed by atoms with Crippen molar-refractivity contribution in [3.05, 3.63) is 66.0 Å². The lowest BCUT2D eigenvalue weighted by atomic mass is 9.95. The van der Waals surface area contributed by atoms with E-state index in [2.05, 4.69) is 10.6 Å². The van der Waals surface area contributed by atoms with Crippen molar-refractivity contribution in [3.8, 4) is 0 Å². The zero-order valence-corrected chi connectivity index (χ0v) is 18.9. The third kappa shape index (κ3) is 6.31. The number of ether oxygens (including phenoxy) is 2. The highest BCUT2D eigenvalue weighted by Gasteiger charge is 2.40. The fraction of sp³-hybridized carbons (Fsp3) is 0.440. The van der Waals surface area contributed by atoms with Crippen LogP contribution in [0.15, 0.2) is 54.6 Å². The minimum absolute atomic E-state index is 0.0927. The SMILES string of the molecule is O=C(C[C@@H]1CC[C@@H]2[C@H](COC[C@@H](O)CN2C(=O)Nc2ccccc2)O1)NCc1ccccc1F. The number of β-amino-alcohol motifs (C(OH)–C–C–N with tert-alkyl or cyclic N) is 1. The molecular weight excluding hydrogens is 441 g/mol. The summed E-state index contributed by atoms with van der Waals surface area (Å²) >= 11 is 0. The summed E-state index contributed by atoms with van der Waals surface area (Å²) in [7, 11) is 0. The molecule has 182 valence electrons. The van der Waals surface area contributed by atoms with Crippen molar-refractivity contribution in [2.24, 2.45) is 0 Å². The smallest absolute Gasteiger partial charge is 0.322 e. The van der Waals surface area contributed by atoms with Gasteiger partial charge in [-0.1, -0.05) is 36.4 Å². The molecule has 34 heavy (non-hydrogen) atoms. The van der Waals surface area contributed by atoms with Gasteiger partial charge in [-0.15, -0.1) is 0 Å². The monoisotopic (exact) mass is 471 g/mol. The quantitative estimate of drug-likeness (QED) is 0.623. The van der Waals surface area contributed by atoms with Crippen molar-refractivity contribution in [2.45, 2.75) is 50.2 Å². The first-order valence-corrected chi connectivity index (χ1v) is 11.5. The molecule has 2 heterocycles. The van der Waals surface area contributed by atoms with Crippen LogP contribution in [0.3, 0.4) is 0 Å². The molecule has 3 amide bonds. The van der Waals surface area contributed by atoms with E-state index in [4.69, 9.17) is 9.47 Å². The van der Waals surface area contributed by atoms with Gasteiger partial charge in [-0.2, -0.15) is 0 Å². The number of amides is 3. The Morgan fingerprint density at radius 2 is 1.82 bits per heavy atom. The molecule has 2 aliphatic rings. The van der Waals surface area contributed by atoms with E-state index in [1.807, 2.05) is 18.2 Å². The van der Waals surface area contributed by atoms with Gasteiger partial charge in [0.25, 0.3) is 0 Å². The third-order valence-electron chi connectivity index (χ3n) is 6.11. The molecule has 0 saturated carbocycles. The predicted octanol–water partition coefficient (Wildman–Crippen LogP) is 2.67. The van der Waals surface area contributed by atoms with Crippen LogP contribution in [0.4, 0.5) is 14.9 Å². The molecule has 4 rings (SSSR count). The first kappa shape index (κ1) is 24.1. The summed E-state index contributed by atoms with van der Waals surface area (Å²) in [6.45, 7) is 0.537. The Morgan fingerprint density at radius 1 is 1.06 bits per heavy atom. The average molecular weight is 472 g/mol. The molecular formula is C25H30FN3O5. The van der Waals surface area contributed by atoms with Crippen LogP contribution in [0.1, 0.15) is 24.8 Å². The van der Waals surface area contributed by atoms with E-state index in [-0.39, 0.29) is 62.6 Å². The number of fused-ring (bicyclic) bond motifs is 1. The molecule has 2 aromatic rings. The van der Waals surface area contributed by atoms with Crippen molar-refractivity contribution < 1.29 is 28.6 Å². The van der Waals surface area contributed by atoms with Gasteiger partial charge in [0.15, 0.2) is 0 Å². The van der Waals surface area contributed by atoms with Crippen LogP contribution in [0.2, 0.25) is 0 Å². The first-order chi connectivity index (χ1) is 16.5. The second kappa shape index (κ2) is 11.4. The number of urea groups is 1. The number of hydrogen-bond donors (Lipinski definition) is 3. The lowest BCUT2D eigenvalue weighted by molar-refractivity contribution is -0.149. The molecule has 0 aromatic heterocycles. The summed E-state index contributed by atoms with van der Waals surface area (Å²) in [6.07, 6.45) is -0.255. The molecule has 0 radical (unpaired) electrons. The fourth-order valence-corrected chi connectivity index (χ4v) is 4.41. The van der Waals surface area contributed by atoms with Gasteiger partial charge in [-0.05, 0) is 31.0 Å². The molecule has 0 bridgehead atoms. The van der Waals surface area contributed by atoms with E-state index in [0.717, 1.165) is 0 Å². The average Bonchev–Trinajstić information content (AvgIpc) is 2.82. The van der Waals surface area contributed by atoms with Crippen molar-refractivity contribution in [1.29, 1.82) is 0 Å². The normalized spacial score (nSPS) is 24.9. The van der Waals surface area contributed by atoms with Crippen LogP contribution < -0.4 is 10.6 Å². The molecule has 4 atom stereocenters. The molecule has 9 heteroatoms. The fourth-order valence-electron chi connectivity index (χ4n) is 4.41. The molecule has 0 spiro atoms. The second-order valence-corrected chi connectivity index (χ2v) is 8.65. The van der Waals surface area contributed by atoms with E-state index >= 15 is 0 Å². The van der Waals surface area contributed by atoms with Gasteiger partial charge >= 0.3 is 6.03 Å². The maximum Gasteiger partial charge on any atom is 0.322 e. The molecule has 2 aliphatic heterocycles. The summed E-state index contributed by atoms with van der Waals surface area (Å²) in [5.74, 6) is -0.588. The van der Waals surface area contributed by atoms with Gasteiger partial charge in [0.2, 0.25) is 5.91 Å². The largest absolute Gasteiger partial charge is 0.389 e. The van der Waals surface area contributed by atoms with E-state index < -0.39 is 12.2 Å². The van der Waals surface area contributed by atoms with Crippen LogP contribution >= 0.6 is 0 Å². The predicted molar refractivity (Wildman–Crippen MR) is 124 cm³/mol. The number of carbonyl (C=O) groups excluding carboxylic acids is 2. The number of nitrogens with zero attached hydrogens (tertiary/aromatic N) is 1. The van der Waals surface area contributed by atoms with Crippen molar-refractivity contribution in [1.82, 2.24) is 10.2 Å². The minimum Gasteiger partial charge on any atom is -0.389 e.